The number of likely N-dealkylation sites (tertiary alicyclic amines) is 1. The highest BCUT2D eigenvalue weighted by Crippen LogP contribution is 2.14. The van der Waals surface area contributed by atoms with E-state index in [9.17, 15) is 4.79 Å². The highest BCUT2D eigenvalue weighted by atomic mass is 16.5. The number of benzene rings is 1. The molecule has 2 rings (SSSR count). The Bertz CT molecular complexity index is 424. The van der Waals surface area contributed by atoms with Crippen molar-refractivity contribution in [2.24, 2.45) is 0 Å². The van der Waals surface area contributed by atoms with Gasteiger partial charge in [-0.2, -0.15) is 0 Å². The van der Waals surface area contributed by atoms with Gasteiger partial charge in [-0.05, 0) is 38.4 Å². The Morgan fingerprint density at radius 2 is 1.96 bits per heavy atom. The van der Waals surface area contributed by atoms with Gasteiger partial charge >= 0.3 is 0 Å². The molecule has 0 aromatic heterocycles. The number of ether oxygens (including phenoxy) is 1. The molecule has 0 bridgehead atoms. The molecule has 1 aliphatic heterocycles. The van der Waals surface area contributed by atoms with Crippen LogP contribution in [0, 0.1) is 0 Å². The second-order valence-electron chi connectivity index (χ2n) is 5.00. The fraction of sp³-hybridized carbons (Fsp3) is 0.556. The topological polar surface area (TPSA) is 58.6 Å². The molecule has 1 aliphatic rings. The monoisotopic (exact) mass is 322 g/mol. The SMILES string of the molecule is CC.CN1CCCC1C(=O)NCCc1ccccc1.COC=O. The van der Waals surface area contributed by atoms with E-state index >= 15 is 0 Å². The lowest BCUT2D eigenvalue weighted by atomic mass is 10.1. The van der Waals surface area contributed by atoms with E-state index in [1.54, 1.807) is 0 Å². The molecule has 1 unspecified atom stereocenters. The van der Waals surface area contributed by atoms with Crippen molar-refractivity contribution in [2.75, 3.05) is 27.2 Å². The van der Waals surface area contributed by atoms with Gasteiger partial charge in [0.15, 0.2) is 0 Å². The number of hydrogen-bond donors (Lipinski definition) is 1. The number of methoxy groups -OCH3 is 1. The number of carbonyl (C=O) groups is 2. The van der Waals surface area contributed by atoms with Gasteiger partial charge in [-0.15, -0.1) is 0 Å². The van der Waals surface area contributed by atoms with Crippen molar-refractivity contribution in [3.05, 3.63) is 35.9 Å². The molecule has 130 valence electrons. The number of amides is 1. The van der Waals surface area contributed by atoms with Crippen LogP contribution in [0.1, 0.15) is 32.3 Å². The normalized spacial score (nSPS) is 16.3. The molecule has 0 radical (unpaired) electrons. The molecular formula is C18H30N2O3. The predicted molar refractivity (Wildman–Crippen MR) is 93.2 cm³/mol. The Morgan fingerprint density at radius 1 is 1.35 bits per heavy atom. The van der Waals surface area contributed by atoms with Gasteiger partial charge in [0.2, 0.25) is 5.91 Å². The number of carbonyl (C=O) groups excluding carboxylic acids is 2. The second-order valence-corrected chi connectivity index (χ2v) is 5.00. The number of rotatable bonds is 5. The summed E-state index contributed by atoms with van der Waals surface area (Å²) in [7, 11) is 3.33. The van der Waals surface area contributed by atoms with Gasteiger partial charge in [0.1, 0.15) is 0 Å². The molecule has 5 nitrogen and oxygen atoms in total. The van der Waals surface area contributed by atoms with Gasteiger partial charge in [0, 0.05) is 6.54 Å². The summed E-state index contributed by atoms with van der Waals surface area (Å²) < 4.78 is 3.86. The molecule has 0 saturated carbocycles. The molecule has 1 aromatic carbocycles. The minimum absolute atomic E-state index is 0.0887. The van der Waals surface area contributed by atoms with Gasteiger partial charge < -0.3 is 10.1 Å². The third kappa shape index (κ3) is 8.98. The molecule has 5 heteroatoms. The van der Waals surface area contributed by atoms with Crippen LogP contribution in [-0.4, -0.2) is 50.6 Å². The summed E-state index contributed by atoms with van der Waals surface area (Å²) in [5, 5.41) is 3.02. The number of nitrogens with one attached hydrogen (secondary N) is 1. The van der Waals surface area contributed by atoms with Crippen LogP contribution in [0.25, 0.3) is 0 Å². The predicted octanol–water partition coefficient (Wildman–Crippen LogP) is 2.25. The molecule has 1 saturated heterocycles. The number of nitrogens with zero attached hydrogens (tertiary/aromatic N) is 1. The average Bonchev–Trinajstić information content (AvgIpc) is 3.04. The molecule has 1 amide bonds. The molecule has 1 aromatic rings. The summed E-state index contributed by atoms with van der Waals surface area (Å²) in [6.45, 7) is 6.14. The Kier molecular flexibility index (Phi) is 12.6. The van der Waals surface area contributed by atoms with E-state index in [1.165, 1.54) is 12.7 Å². The fourth-order valence-electron chi connectivity index (χ4n) is 2.33. The van der Waals surface area contributed by atoms with E-state index in [1.807, 2.05) is 39.1 Å². The van der Waals surface area contributed by atoms with Crippen molar-refractivity contribution in [3.63, 3.8) is 0 Å². The lowest BCUT2D eigenvalue weighted by molar-refractivity contribution is -0.126. The fourth-order valence-corrected chi connectivity index (χ4v) is 2.33. The second kappa shape index (κ2) is 13.8. The summed E-state index contributed by atoms with van der Waals surface area (Å²) in [5.41, 5.74) is 1.27. The van der Waals surface area contributed by atoms with Crippen LogP contribution in [0.2, 0.25) is 0 Å². The van der Waals surface area contributed by atoms with Gasteiger partial charge in [-0.1, -0.05) is 44.2 Å². The Labute approximate surface area is 140 Å². The van der Waals surface area contributed by atoms with Crippen LogP contribution in [0.15, 0.2) is 30.3 Å². The first-order valence-corrected chi connectivity index (χ1v) is 8.17. The summed E-state index contributed by atoms with van der Waals surface area (Å²) in [6, 6.07) is 10.3. The van der Waals surface area contributed by atoms with Crippen molar-refractivity contribution in [1.29, 1.82) is 0 Å². The maximum Gasteiger partial charge on any atom is 0.292 e. The minimum atomic E-state index is 0.0887. The zero-order valence-corrected chi connectivity index (χ0v) is 14.7. The average molecular weight is 322 g/mol. The third-order valence-electron chi connectivity index (χ3n) is 3.48. The van der Waals surface area contributed by atoms with E-state index in [0.29, 0.717) is 6.47 Å². The van der Waals surface area contributed by atoms with E-state index < -0.39 is 0 Å². The van der Waals surface area contributed by atoms with Crippen molar-refractivity contribution in [3.8, 4) is 0 Å². The molecule has 1 N–H and O–H groups in total. The molecule has 0 aliphatic carbocycles. The highest BCUT2D eigenvalue weighted by molar-refractivity contribution is 5.81. The third-order valence-corrected chi connectivity index (χ3v) is 3.48. The first kappa shape index (κ1) is 21.1. The number of likely N-dealkylation sites (N-methyl/N-ethyl adjacent to an activating group) is 1. The molecule has 0 spiro atoms. The summed E-state index contributed by atoms with van der Waals surface area (Å²) in [4.78, 5) is 23.0. The van der Waals surface area contributed by atoms with Crippen LogP contribution in [0.5, 0.6) is 0 Å². The van der Waals surface area contributed by atoms with E-state index in [4.69, 9.17) is 4.79 Å². The van der Waals surface area contributed by atoms with Crippen LogP contribution in [0.3, 0.4) is 0 Å². The first-order valence-electron chi connectivity index (χ1n) is 8.17. The van der Waals surface area contributed by atoms with Gasteiger partial charge in [-0.25, -0.2) is 0 Å². The quantitative estimate of drug-likeness (QED) is 0.845. The van der Waals surface area contributed by atoms with E-state index in [2.05, 4.69) is 27.1 Å². The molecule has 1 atom stereocenters. The van der Waals surface area contributed by atoms with Crippen LogP contribution >= 0.6 is 0 Å². The van der Waals surface area contributed by atoms with Crippen LogP contribution < -0.4 is 5.32 Å². The van der Waals surface area contributed by atoms with Crippen molar-refractivity contribution in [2.45, 2.75) is 39.2 Å². The smallest absolute Gasteiger partial charge is 0.292 e. The van der Waals surface area contributed by atoms with E-state index in [0.717, 1.165) is 32.4 Å². The lowest BCUT2D eigenvalue weighted by Gasteiger charge is -2.18. The highest BCUT2D eigenvalue weighted by Gasteiger charge is 2.27. The largest absolute Gasteiger partial charge is 0.471 e. The maximum atomic E-state index is 11.9. The summed E-state index contributed by atoms with van der Waals surface area (Å²) in [6.07, 6.45) is 3.03. The summed E-state index contributed by atoms with van der Waals surface area (Å²) in [5.74, 6) is 0.181. The maximum absolute atomic E-state index is 11.9. The van der Waals surface area contributed by atoms with Crippen molar-refractivity contribution < 1.29 is 14.3 Å². The van der Waals surface area contributed by atoms with Crippen LogP contribution in [-0.2, 0) is 20.7 Å². The standard InChI is InChI=1S/C14H20N2O.C2H4O2.C2H6/c1-16-11-5-8-13(16)14(17)15-10-9-12-6-3-2-4-7-12;1-4-2-3;1-2/h2-4,6-7,13H,5,8-11H2,1H3,(H,15,17);2H,1H3;1-2H3. The lowest BCUT2D eigenvalue weighted by Crippen LogP contribution is -2.42. The van der Waals surface area contributed by atoms with Gasteiger partial charge in [-0.3, -0.25) is 14.5 Å². The first-order chi connectivity index (χ1) is 11.2. The van der Waals surface area contributed by atoms with Crippen LogP contribution in [0.4, 0.5) is 0 Å². The van der Waals surface area contributed by atoms with E-state index in [-0.39, 0.29) is 11.9 Å². The zero-order chi connectivity index (χ0) is 17.5. The minimum Gasteiger partial charge on any atom is -0.471 e. The summed E-state index contributed by atoms with van der Waals surface area (Å²) >= 11 is 0. The van der Waals surface area contributed by atoms with Gasteiger partial charge in [0.25, 0.3) is 6.47 Å². The Hall–Kier alpha value is -1.88. The Balaban J connectivity index is 0.000000705. The molecule has 23 heavy (non-hydrogen) atoms. The molecule has 1 heterocycles. The van der Waals surface area contributed by atoms with Gasteiger partial charge in [0.05, 0.1) is 13.2 Å². The zero-order valence-electron chi connectivity index (χ0n) is 14.7. The Morgan fingerprint density at radius 3 is 2.43 bits per heavy atom. The van der Waals surface area contributed by atoms with Crippen molar-refractivity contribution >= 4 is 12.4 Å². The molecular weight excluding hydrogens is 292 g/mol. The number of hydrogen-bond acceptors (Lipinski definition) is 4. The van der Waals surface area contributed by atoms with Crippen molar-refractivity contribution in [1.82, 2.24) is 10.2 Å². The molecule has 1 fully saturated rings.